The highest BCUT2D eigenvalue weighted by atomic mass is 32.2. The first-order valence-electron chi connectivity index (χ1n) is 8.00. The fourth-order valence-corrected chi connectivity index (χ4v) is 4.72. The van der Waals surface area contributed by atoms with Crippen LogP contribution in [-0.2, 0) is 10.0 Å². The molecule has 0 aliphatic carbocycles. The molecule has 0 amide bonds. The van der Waals surface area contributed by atoms with E-state index >= 15 is 0 Å². The fourth-order valence-electron chi connectivity index (χ4n) is 3.02. The minimum Gasteiger partial charge on any atom is -0.399 e. The van der Waals surface area contributed by atoms with Crippen LogP contribution in [0.15, 0.2) is 29.2 Å². The molecule has 10 heteroatoms. The molecule has 25 heavy (non-hydrogen) atoms. The predicted octanol–water partition coefficient (Wildman–Crippen LogP) is 1.24. The normalized spacial score (nSPS) is 18.0. The summed E-state index contributed by atoms with van der Waals surface area (Å²) in [6.45, 7) is -0.319. The molecule has 1 aromatic carbocycles. The van der Waals surface area contributed by atoms with Crippen LogP contribution in [-0.4, -0.2) is 62.6 Å². The minimum absolute atomic E-state index is 0.105. The van der Waals surface area contributed by atoms with Gasteiger partial charge in [0.05, 0.1) is 11.4 Å². The number of likely N-dealkylation sites (tertiary alicyclic amines) is 1. The average Bonchev–Trinajstić information content (AvgIpc) is 2.52. The van der Waals surface area contributed by atoms with E-state index in [1.165, 1.54) is 33.5 Å². The molecule has 0 bridgehead atoms. The van der Waals surface area contributed by atoms with E-state index in [0.717, 1.165) is 0 Å². The van der Waals surface area contributed by atoms with Gasteiger partial charge in [-0.1, -0.05) is 0 Å². The summed E-state index contributed by atoms with van der Waals surface area (Å²) < 4.78 is 64.5. The summed E-state index contributed by atoms with van der Waals surface area (Å²) in [7, 11) is -3.78. The van der Waals surface area contributed by atoms with E-state index < -0.39 is 22.7 Å². The Morgan fingerprint density at radius 1 is 1.16 bits per heavy atom. The largest absolute Gasteiger partial charge is 0.401 e. The Kier molecular flexibility index (Phi) is 6.30. The predicted molar refractivity (Wildman–Crippen MR) is 89.3 cm³/mol. The maximum Gasteiger partial charge on any atom is 0.401 e. The summed E-state index contributed by atoms with van der Waals surface area (Å²) in [5.41, 5.74) is 11.6. The summed E-state index contributed by atoms with van der Waals surface area (Å²) in [6, 6.07) is 5.48. The first-order valence-corrected chi connectivity index (χ1v) is 9.44. The monoisotopic (exact) mass is 380 g/mol. The highest BCUT2D eigenvalue weighted by Gasteiger charge is 2.36. The lowest BCUT2D eigenvalue weighted by atomic mass is 10.1. The van der Waals surface area contributed by atoms with Gasteiger partial charge >= 0.3 is 6.18 Å². The third-order valence-electron chi connectivity index (χ3n) is 4.20. The fraction of sp³-hybridized carbons (Fsp3) is 0.600. The van der Waals surface area contributed by atoms with Crippen molar-refractivity contribution >= 4 is 15.7 Å². The molecule has 0 spiro atoms. The number of hydrogen-bond donors (Lipinski definition) is 2. The molecule has 0 aromatic heterocycles. The second-order valence-electron chi connectivity index (χ2n) is 6.10. The van der Waals surface area contributed by atoms with Crippen LogP contribution in [0.25, 0.3) is 0 Å². The van der Waals surface area contributed by atoms with Gasteiger partial charge in [-0.2, -0.15) is 17.5 Å². The molecule has 1 aliphatic rings. The first-order chi connectivity index (χ1) is 11.6. The number of benzene rings is 1. The molecule has 142 valence electrons. The molecule has 0 radical (unpaired) electrons. The number of halogens is 3. The molecule has 1 aromatic rings. The van der Waals surface area contributed by atoms with Crippen molar-refractivity contribution in [2.24, 2.45) is 5.73 Å². The summed E-state index contributed by atoms with van der Waals surface area (Å²) in [4.78, 5) is 1.40. The molecule has 1 aliphatic heterocycles. The Labute approximate surface area is 145 Å². The maximum atomic E-state index is 12.9. The van der Waals surface area contributed by atoms with Crippen molar-refractivity contribution in [3.05, 3.63) is 24.3 Å². The molecule has 1 fully saturated rings. The standard InChI is InChI=1S/C15H23F3N4O2S/c16-15(17,18)11-21-8-5-13(6-9-21)22(10-7-19)25(23,24)14-3-1-12(20)2-4-14/h1-4,13H,5-11,19-20H2. The van der Waals surface area contributed by atoms with Gasteiger partial charge in [0.2, 0.25) is 10.0 Å². The van der Waals surface area contributed by atoms with Crippen LogP contribution < -0.4 is 11.5 Å². The van der Waals surface area contributed by atoms with E-state index in [0.29, 0.717) is 18.5 Å². The number of nitrogens with zero attached hydrogens (tertiary/aromatic N) is 2. The lowest BCUT2D eigenvalue weighted by molar-refractivity contribution is -0.148. The molecule has 4 N–H and O–H groups in total. The van der Waals surface area contributed by atoms with Crippen molar-refractivity contribution in [1.82, 2.24) is 9.21 Å². The van der Waals surface area contributed by atoms with E-state index in [1.54, 1.807) is 0 Å². The van der Waals surface area contributed by atoms with E-state index in [2.05, 4.69) is 0 Å². The third kappa shape index (κ3) is 5.30. The van der Waals surface area contributed by atoms with Gasteiger partial charge in [0.15, 0.2) is 0 Å². The zero-order chi connectivity index (χ0) is 18.7. The third-order valence-corrected chi connectivity index (χ3v) is 6.17. The lowest BCUT2D eigenvalue weighted by Gasteiger charge is -2.37. The van der Waals surface area contributed by atoms with Crippen molar-refractivity contribution in [2.45, 2.75) is 30.0 Å². The number of alkyl halides is 3. The second kappa shape index (κ2) is 7.90. The number of sulfonamides is 1. The second-order valence-corrected chi connectivity index (χ2v) is 7.99. The van der Waals surface area contributed by atoms with Gasteiger partial charge in [0, 0.05) is 37.9 Å². The van der Waals surface area contributed by atoms with Crippen LogP contribution in [0.3, 0.4) is 0 Å². The highest BCUT2D eigenvalue weighted by molar-refractivity contribution is 7.89. The minimum atomic E-state index is -4.25. The van der Waals surface area contributed by atoms with Gasteiger partial charge < -0.3 is 11.5 Å². The van der Waals surface area contributed by atoms with Crippen molar-refractivity contribution in [3.8, 4) is 0 Å². The van der Waals surface area contributed by atoms with Crippen LogP contribution in [0.5, 0.6) is 0 Å². The van der Waals surface area contributed by atoms with Crippen LogP contribution in [0.4, 0.5) is 18.9 Å². The van der Waals surface area contributed by atoms with Crippen LogP contribution in [0, 0.1) is 0 Å². The average molecular weight is 380 g/mol. The lowest BCUT2D eigenvalue weighted by Crippen LogP contribution is -2.50. The zero-order valence-corrected chi connectivity index (χ0v) is 14.6. The van der Waals surface area contributed by atoms with Gasteiger partial charge in [-0.05, 0) is 37.1 Å². The Morgan fingerprint density at radius 3 is 2.20 bits per heavy atom. The van der Waals surface area contributed by atoms with Crippen LogP contribution >= 0.6 is 0 Å². The molecule has 0 unspecified atom stereocenters. The van der Waals surface area contributed by atoms with Gasteiger partial charge in [0.1, 0.15) is 0 Å². The topological polar surface area (TPSA) is 92.7 Å². The molecule has 0 atom stereocenters. The molecule has 0 saturated carbocycles. The maximum absolute atomic E-state index is 12.9. The van der Waals surface area contributed by atoms with E-state index in [4.69, 9.17) is 11.5 Å². The van der Waals surface area contributed by atoms with Crippen LogP contribution in [0.1, 0.15) is 12.8 Å². The SMILES string of the molecule is NCCN(C1CCN(CC(F)(F)F)CC1)S(=O)(=O)c1ccc(N)cc1. The zero-order valence-electron chi connectivity index (χ0n) is 13.7. The van der Waals surface area contributed by atoms with Gasteiger partial charge in [-0.15, -0.1) is 0 Å². The van der Waals surface area contributed by atoms with Gasteiger partial charge in [0.25, 0.3) is 0 Å². The number of rotatable bonds is 6. The van der Waals surface area contributed by atoms with Gasteiger partial charge in [-0.25, -0.2) is 8.42 Å². The van der Waals surface area contributed by atoms with Crippen molar-refractivity contribution < 1.29 is 21.6 Å². The number of nitrogen functional groups attached to an aromatic ring is 1. The summed E-state index contributed by atoms with van der Waals surface area (Å²) in [5.74, 6) is 0. The molecule has 1 heterocycles. The quantitative estimate of drug-likeness (QED) is 0.725. The molecule has 1 saturated heterocycles. The van der Waals surface area contributed by atoms with Crippen molar-refractivity contribution in [1.29, 1.82) is 0 Å². The Balaban J connectivity index is 2.12. The van der Waals surface area contributed by atoms with Crippen LogP contribution in [0.2, 0.25) is 0 Å². The molecular formula is C15H23F3N4O2S. The van der Waals surface area contributed by atoms with Crippen molar-refractivity contribution in [3.63, 3.8) is 0 Å². The Morgan fingerprint density at radius 2 is 1.72 bits per heavy atom. The molecule has 6 nitrogen and oxygen atoms in total. The molecular weight excluding hydrogens is 357 g/mol. The number of anilines is 1. The Bertz CT molecular complexity index is 656. The van der Waals surface area contributed by atoms with Gasteiger partial charge in [-0.3, -0.25) is 4.90 Å². The number of nitrogens with two attached hydrogens (primary N) is 2. The van der Waals surface area contributed by atoms with E-state index in [-0.39, 0.29) is 37.1 Å². The highest BCUT2D eigenvalue weighted by Crippen LogP contribution is 2.26. The first kappa shape index (κ1) is 20.0. The van der Waals surface area contributed by atoms with E-state index in [1.807, 2.05) is 0 Å². The summed E-state index contributed by atoms with van der Waals surface area (Å²) in [6.07, 6.45) is -3.58. The smallest absolute Gasteiger partial charge is 0.399 e. The Hall–Kier alpha value is -1.36. The number of hydrogen-bond acceptors (Lipinski definition) is 5. The molecule has 2 rings (SSSR count). The van der Waals surface area contributed by atoms with Crippen molar-refractivity contribution in [2.75, 3.05) is 38.5 Å². The van der Waals surface area contributed by atoms with E-state index in [9.17, 15) is 21.6 Å². The summed E-state index contributed by atoms with van der Waals surface area (Å²) in [5, 5.41) is 0. The number of piperidine rings is 1. The summed E-state index contributed by atoms with van der Waals surface area (Å²) >= 11 is 0.